The highest BCUT2D eigenvalue weighted by atomic mass is 16.1. The van der Waals surface area contributed by atoms with Gasteiger partial charge in [0.1, 0.15) is 0 Å². The van der Waals surface area contributed by atoms with Crippen LogP contribution in [-0.4, -0.2) is 35.7 Å². The molecule has 0 bridgehead atoms. The molecule has 0 unspecified atom stereocenters. The summed E-state index contributed by atoms with van der Waals surface area (Å²) in [6, 6.07) is 18.9. The molecule has 0 aliphatic heterocycles. The summed E-state index contributed by atoms with van der Waals surface area (Å²) in [5, 5.41) is 6.79. The van der Waals surface area contributed by atoms with Crippen molar-refractivity contribution in [1.82, 2.24) is 10.6 Å². The standard InChI is InChI=1S/C26H36N2O2/c1-25(2,23(29)21-15-9-7-10-16-21)27-19-13-5-6-14-20-28-26(3,4)24(30)22-17-11-8-12-18-22/h7-12,15-18,27-28H,5-6,13-14,19-20H2,1-4H3. The first-order chi connectivity index (χ1) is 14.2. The number of rotatable bonds is 13. The molecule has 0 aliphatic rings. The van der Waals surface area contributed by atoms with Crippen LogP contribution in [0.25, 0.3) is 0 Å². The van der Waals surface area contributed by atoms with Gasteiger partial charge in [-0.15, -0.1) is 0 Å². The van der Waals surface area contributed by atoms with Gasteiger partial charge in [-0.05, 0) is 53.6 Å². The lowest BCUT2D eigenvalue weighted by molar-refractivity contribution is 0.0875. The van der Waals surface area contributed by atoms with Crippen LogP contribution in [0.2, 0.25) is 0 Å². The molecule has 162 valence electrons. The van der Waals surface area contributed by atoms with Crippen molar-refractivity contribution in [3.05, 3.63) is 71.8 Å². The highest BCUT2D eigenvalue weighted by Crippen LogP contribution is 2.14. The van der Waals surface area contributed by atoms with Crippen LogP contribution in [0.15, 0.2) is 60.7 Å². The van der Waals surface area contributed by atoms with E-state index in [0.717, 1.165) is 49.9 Å². The summed E-state index contributed by atoms with van der Waals surface area (Å²) in [5.74, 6) is 0.246. The van der Waals surface area contributed by atoms with E-state index in [2.05, 4.69) is 10.6 Å². The summed E-state index contributed by atoms with van der Waals surface area (Å²) in [5.41, 5.74) is 0.359. The third kappa shape index (κ3) is 7.19. The van der Waals surface area contributed by atoms with Gasteiger partial charge >= 0.3 is 0 Å². The molecule has 2 N–H and O–H groups in total. The van der Waals surface area contributed by atoms with Crippen LogP contribution < -0.4 is 10.6 Å². The average Bonchev–Trinajstić information content (AvgIpc) is 2.75. The second kappa shape index (κ2) is 11.2. The van der Waals surface area contributed by atoms with Gasteiger partial charge in [0, 0.05) is 11.1 Å². The molecule has 2 aromatic carbocycles. The minimum Gasteiger partial charge on any atom is -0.305 e. The molecule has 30 heavy (non-hydrogen) atoms. The first kappa shape index (κ1) is 24.0. The molecule has 0 aromatic heterocycles. The topological polar surface area (TPSA) is 58.2 Å². The van der Waals surface area contributed by atoms with E-state index in [1.807, 2.05) is 88.4 Å². The maximum Gasteiger partial charge on any atom is 0.182 e. The maximum absolute atomic E-state index is 12.6. The van der Waals surface area contributed by atoms with Gasteiger partial charge < -0.3 is 10.6 Å². The number of hydrogen-bond acceptors (Lipinski definition) is 4. The number of unbranched alkanes of at least 4 members (excludes halogenated alkanes) is 3. The summed E-state index contributed by atoms with van der Waals surface area (Å²) in [6.07, 6.45) is 4.24. The molecule has 2 aromatic rings. The van der Waals surface area contributed by atoms with E-state index in [0.29, 0.717) is 0 Å². The molecule has 0 spiro atoms. The Morgan fingerprint density at radius 2 is 0.933 bits per heavy atom. The predicted octanol–water partition coefficient (Wildman–Crippen LogP) is 5.05. The first-order valence-electron chi connectivity index (χ1n) is 10.9. The third-order valence-electron chi connectivity index (χ3n) is 5.44. The van der Waals surface area contributed by atoms with Crippen LogP contribution in [0.3, 0.4) is 0 Å². The second-order valence-corrected chi connectivity index (χ2v) is 8.91. The Morgan fingerprint density at radius 3 is 1.27 bits per heavy atom. The largest absolute Gasteiger partial charge is 0.305 e. The van der Waals surface area contributed by atoms with Gasteiger partial charge in [-0.1, -0.05) is 73.5 Å². The monoisotopic (exact) mass is 408 g/mol. The van der Waals surface area contributed by atoms with Crippen molar-refractivity contribution in [2.75, 3.05) is 13.1 Å². The van der Waals surface area contributed by atoms with Gasteiger partial charge in [0.25, 0.3) is 0 Å². The summed E-state index contributed by atoms with van der Waals surface area (Å²) < 4.78 is 0. The molecule has 0 atom stereocenters. The molecule has 0 fully saturated rings. The number of hydrogen-bond donors (Lipinski definition) is 2. The van der Waals surface area contributed by atoms with Gasteiger partial charge in [-0.2, -0.15) is 0 Å². The van der Waals surface area contributed by atoms with Crippen molar-refractivity contribution in [2.24, 2.45) is 0 Å². The van der Waals surface area contributed by atoms with E-state index < -0.39 is 11.1 Å². The van der Waals surface area contributed by atoms with Crippen LogP contribution in [0, 0.1) is 0 Å². The lowest BCUT2D eigenvalue weighted by atomic mass is 9.93. The fourth-order valence-corrected chi connectivity index (χ4v) is 3.47. The Hall–Kier alpha value is -2.30. The van der Waals surface area contributed by atoms with Crippen molar-refractivity contribution in [3.63, 3.8) is 0 Å². The SMILES string of the molecule is CC(C)(NCCCCCCNC(C)(C)C(=O)c1ccccc1)C(=O)c1ccccc1. The summed E-state index contributed by atoms with van der Waals surface area (Å²) >= 11 is 0. The summed E-state index contributed by atoms with van der Waals surface area (Å²) in [4.78, 5) is 25.2. The fourth-order valence-electron chi connectivity index (χ4n) is 3.47. The Kier molecular flexibility index (Phi) is 8.94. The Morgan fingerprint density at radius 1 is 0.600 bits per heavy atom. The molecule has 0 aliphatic carbocycles. The normalized spacial score (nSPS) is 12.0. The van der Waals surface area contributed by atoms with E-state index >= 15 is 0 Å². The fraction of sp³-hybridized carbons (Fsp3) is 0.462. The molecule has 0 amide bonds. The van der Waals surface area contributed by atoms with Crippen molar-refractivity contribution >= 4 is 11.6 Å². The Bertz CT molecular complexity index is 729. The van der Waals surface area contributed by atoms with Crippen molar-refractivity contribution < 1.29 is 9.59 Å². The van der Waals surface area contributed by atoms with E-state index in [9.17, 15) is 9.59 Å². The Labute approximate surface area is 181 Å². The van der Waals surface area contributed by atoms with Crippen LogP contribution in [0.5, 0.6) is 0 Å². The first-order valence-corrected chi connectivity index (χ1v) is 10.9. The molecule has 0 saturated carbocycles. The molecular formula is C26H36N2O2. The molecule has 0 radical (unpaired) electrons. The zero-order valence-corrected chi connectivity index (χ0v) is 18.8. The average molecular weight is 409 g/mol. The quantitative estimate of drug-likeness (QED) is 0.360. The molecule has 0 saturated heterocycles. The zero-order chi connectivity index (χ0) is 22.0. The summed E-state index contributed by atoms with van der Waals surface area (Å²) in [6.45, 7) is 9.40. The van der Waals surface area contributed by atoms with E-state index in [1.54, 1.807) is 0 Å². The molecule has 0 heterocycles. The number of Topliss-reactive ketones (excluding diaryl/α,β-unsaturated/α-hetero) is 2. The molecule has 4 nitrogen and oxygen atoms in total. The zero-order valence-electron chi connectivity index (χ0n) is 18.8. The second-order valence-electron chi connectivity index (χ2n) is 8.91. The number of carbonyl (C=O) groups excluding carboxylic acids is 2. The van der Waals surface area contributed by atoms with Gasteiger partial charge in [0.15, 0.2) is 11.6 Å². The van der Waals surface area contributed by atoms with Crippen LogP contribution in [-0.2, 0) is 0 Å². The Balaban J connectivity index is 1.62. The van der Waals surface area contributed by atoms with Gasteiger partial charge in [0.2, 0.25) is 0 Å². The molecular weight excluding hydrogens is 372 g/mol. The van der Waals surface area contributed by atoms with E-state index in [4.69, 9.17) is 0 Å². The predicted molar refractivity (Wildman–Crippen MR) is 124 cm³/mol. The third-order valence-corrected chi connectivity index (χ3v) is 5.44. The lowest BCUT2D eigenvalue weighted by Gasteiger charge is -2.25. The van der Waals surface area contributed by atoms with Crippen molar-refractivity contribution in [3.8, 4) is 0 Å². The molecule has 4 heteroatoms. The highest BCUT2D eigenvalue weighted by molar-refractivity contribution is 6.03. The smallest absolute Gasteiger partial charge is 0.182 e. The number of nitrogens with one attached hydrogen (secondary N) is 2. The van der Waals surface area contributed by atoms with Gasteiger partial charge in [-0.3, -0.25) is 9.59 Å². The van der Waals surface area contributed by atoms with E-state index in [-0.39, 0.29) is 11.6 Å². The van der Waals surface area contributed by atoms with E-state index in [1.165, 1.54) is 0 Å². The maximum atomic E-state index is 12.6. The van der Waals surface area contributed by atoms with Gasteiger partial charge in [0.05, 0.1) is 11.1 Å². The van der Waals surface area contributed by atoms with Crippen molar-refractivity contribution in [1.29, 1.82) is 0 Å². The minimum atomic E-state index is -0.565. The lowest BCUT2D eigenvalue weighted by Crippen LogP contribution is -2.47. The number of carbonyl (C=O) groups is 2. The van der Waals surface area contributed by atoms with Crippen molar-refractivity contribution in [2.45, 2.75) is 64.5 Å². The van der Waals surface area contributed by atoms with Crippen LogP contribution >= 0.6 is 0 Å². The number of benzene rings is 2. The molecule has 2 rings (SSSR count). The van der Waals surface area contributed by atoms with Crippen LogP contribution in [0.1, 0.15) is 74.1 Å². The van der Waals surface area contributed by atoms with Crippen LogP contribution in [0.4, 0.5) is 0 Å². The summed E-state index contributed by atoms with van der Waals surface area (Å²) in [7, 11) is 0. The van der Waals surface area contributed by atoms with Gasteiger partial charge in [-0.25, -0.2) is 0 Å². The number of ketones is 2. The highest BCUT2D eigenvalue weighted by Gasteiger charge is 2.28. The minimum absolute atomic E-state index is 0.123.